The maximum Gasteiger partial charge on any atom is 0.237 e. The van der Waals surface area contributed by atoms with Crippen molar-refractivity contribution in [2.75, 3.05) is 26.7 Å². The minimum atomic E-state index is 0.121. The first-order valence-electron chi connectivity index (χ1n) is 6.46. The highest BCUT2D eigenvalue weighted by atomic mass is 16.2. The van der Waals surface area contributed by atoms with Gasteiger partial charge in [-0.15, -0.1) is 0 Å². The monoisotopic (exact) mass is 223 g/mol. The fourth-order valence-electron chi connectivity index (χ4n) is 3.10. The summed E-state index contributed by atoms with van der Waals surface area (Å²) in [6.45, 7) is 3.03. The van der Waals surface area contributed by atoms with Crippen LogP contribution in [0.25, 0.3) is 0 Å². The summed E-state index contributed by atoms with van der Waals surface area (Å²) in [5.41, 5.74) is 0. The molecule has 0 aromatic heterocycles. The number of likely N-dealkylation sites (tertiary alicyclic amines) is 1. The lowest BCUT2D eigenvalue weighted by Gasteiger charge is -2.23. The molecule has 2 aliphatic heterocycles. The third-order valence-corrected chi connectivity index (χ3v) is 4.41. The summed E-state index contributed by atoms with van der Waals surface area (Å²) in [6, 6.07) is 0.701. The number of likely N-dealkylation sites (N-methyl/N-ethyl adjacent to an activating group) is 1. The molecule has 2 saturated heterocycles. The molecule has 0 aromatic carbocycles. The predicted molar refractivity (Wildman–Crippen MR) is 62.0 cm³/mol. The summed E-state index contributed by atoms with van der Waals surface area (Å²) < 4.78 is 0. The molecule has 2 N–H and O–H groups in total. The van der Waals surface area contributed by atoms with Gasteiger partial charge in [-0.3, -0.25) is 9.69 Å². The minimum Gasteiger partial charge on any atom is -0.354 e. The largest absolute Gasteiger partial charge is 0.354 e. The smallest absolute Gasteiger partial charge is 0.237 e. The molecule has 4 nitrogen and oxygen atoms in total. The van der Waals surface area contributed by atoms with Gasteiger partial charge in [0.2, 0.25) is 5.91 Å². The van der Waals surface area contributed by atoms with Crippen LogP contribution >= 0.6 is 0 Å². The van der Waals surface area contributed by atoms with Gasteiger partial charge in [0.15, 0.2) is 0 Å². The molecule has 1 saturated carbocycles. The second-order valence-electron chi connectivity index (χ2n) is 5.59. The number of nitrogens with zero attached hydrogens (tertiary/aromatic N) is 1. The number of hydrogen-bond donors (Lipinski definition) is 2. The predicted octanol–water partition coefficient (Wildman–Crippen LogP) is -0.195. The fourth-order valence-corrected chi connectivity index (χ4v) is 3.10. The van der Waals surface area contributed by atoms with Crippen LogP contribution in [0.3, 0.4) is 0 Å². The summed E-state index contributed by atoms with van der Waals surface area (Å²) in [7, 11) is 2.10. The quantitative estimate of drug-likeness (QED) is 0.697. The first-order valence-corrected chi connectivity index (χ1v) is 6.46. The Bertz CT molecular complexity index is 290. The van der Waals surface area contributed by atoms with Crippen LogP contribution in [0.2, 0.25) is 0 Å². The van der Waals surface area contributed by atoms with Gasteiger partial charge in [0.05, 0.1) is 6.04 Å². The van der Waals surface area contributed by atoms with Gasteiger partial charge in [-0.1, -0.05) is 0 Å². The lowest BCUT2D eigenvalue weighted by Crippen LogP contribution is -2.45. The van der Waals surface area contributed by atoms with E-state index >= 15 is 0 Å². The number of hydrogen-bond acceptors (Lipinski definition) is 3. The molecule has 4 heteroatoms. The zero-order valence-corrected chi connectivity index (χ0v) is 9.91. The summed E-state index contributed by atoms with van der Waals surface area (Å²) in [4.78, 5) is 14.3. The van der Waals surface area contributed by atoms with E-state index in [0.29, 0.717) is 12.0 Å². The Morgan fingerprint density at radius 1 is 1.44 bits per heavy atom. The van der Waals surface area contributed by atoms with Crippen molar-refractivity contribution < 1.29 is 4.79 Å². The summed E-state index contributed by atoms with van der Waals surface area (Å²) in [6.07, 6.45) is 3.64. The number of amides is 1. The van der Waals surface area contributed by atoms with Crippen LogP contribution in [0.15, 0.2) is 0 Å². The average molecular weight is 223 g/mol. The summed E-state index contributed by atoms with van der Waals surface area (Å²) in [5, 5.41) is 6.51. The van der Waals surface area contributed by atoms with Crippen LogP contribution in [0.1, 0.15) is 19.3 Å². The molecule has 0 bridgehead atoms. The SMILES string of the molecule is CN1[C@H](C(=O)NCC2CC2)C[C@@H]2CNC[C@@H]21. The van der Waals surface area contributed by atoms with Crippen molar-refractivity contribution >= 4 is 5.91 Å². The van der Waals surface area contributed by atoms with Gasteiger partial charge >= 0.3 is 0 Å². The van der Waals surface area contributed by atoms with Crippen molar-refractivity contribution in [3.63, 3.8) is 0 Å². The molecule has 3 aliphatic rings. The molecule has 1 aliphatic carbocycles. The van der Waals surface area contributed by atoms with Crippen molar-refractivity contribution in [3.8, 4) is 0 Å². The van der Waals surface area contributed by atoms with Crippen molar-refractivity contribution in [1.29, 1.82) is 0 Å². The molecule has 3 fully saturated rings. The number of fused-ring (bicyclic) bond motifs is 1. The Balaban J connectivity index is 1.55. The first kappa shape index (κ1) is 10.5. The lowest BCUT2D eigenvalue weighted by molar-refractivity contribution is -0.125. The lowest BCUT2D eigenvalue weighted by atomic mass is 10.0. The molecule has 16 heavy (non-hydrogen) atoms. The summed E-state index contributed by atoms with van der Waals surface area (Å²) in [5.74, 6) is 1.71. The van der Waals surface area contributed by atoms with E-state index < -0.39 is 0 Å². The van der Waals surface area contributed by atoms with Crippen molar-refractivity contribution in [3.05, 3.63) is 0 Å². The van der Waals surface area contributed by atoms with E-state index in [9.17, 15) is 4.79 Å². The number of rotatable bonds is 3. The van der Waals surface area contributed by atoms with E-state index in [1.165, 1.54) is 12.8 Å². The first-order chi connectivity index (χ1) is 7.75. The Morgan fingerprint density at radius 2 is 2.25 bits per heavy atom. The number of carbonyl (C=O) groups excluding carboxylic acids is 1. The molecule has 3 atom stereocenters. The van der Waals surface area contributed by atoms with Crippen LogP contribution < -0.4 is 10.6 Å². The normalized spacial score (nSPS) is 38.7. The van der Waals surface area contributed by atoms with E-state index in [2.05, 4.69) is 22.6 Å². The molecular formula is C12H21N3O. The van der Waals surface area contributed by atoms with Crippen LogP contribution in [-0.2, 0) is 4.79 Å². The van der Waals surface area contributed by atoms with Crippen LogP contribution in [0.4, 0.5) is 0 Å². The highest BCUT2D eigenvalue weighted by Gasteiger charge is 2.44. The average Bonchev–Trinajstić information content (AvgIpc) is 2.89. The van der Waals surface area contributed by atoms with Gasteiger partial charge in [0, 0.05) is 19.1 Å². The molecule has 2 heterocycles. The molecule has 0 radical (unpaired) electrons. The fraction of sp³-hybridized carbons (Fsp3) is 0.917. The van der Waals surface area contributed by atoms with E-state index in [4.69, 9.17) is 0 Å². The zero-order valence-electron chi connectivity index (χ0n) is 9.91. The van der Waals surface area contributed by atoms with Gasteiger partial charge in [-0.2, -0.15) is 0 Å². The molecule has 90 valence electrons. The van der Waals surface area contributed by atoms with Gasteiger partial charge in [0.25, 0.3) is 0 Å². The van der Waals surface area contributed by atoms with Crippen LogP contribution in [-0.4, -0.2) is 49.6 Å². The highest BCUT2D eigenvalue weighted by Crippen LogP contribution is 2.31. The van der Waals surface area contributed by atoms with Gasteiger partial charge in [-0.25, -0.2) is 0 Å². The number of nitrogens with one attached hydrogen (secondary N) is 2. The van der Waals surface area contributed by atoms with Gasteiger partial charge in [0.1, 0.15) is 0 Å². The van der Waals surface area contributed by atoms with Crippen molar-refractivity contribution in [2.24, 2.45) is 11.8 Å². The zero-order chi connectivity index (χ0) is 11.1. The maximum atomic E-state index is 12.0. The number of carbonyl (C=O) groups is 1. The van der Waals surface area contributed by atoms with Crippen molar-refractivity contribution in [2.45, 2.75) is 31.3 Å². The highest BCUT2D eigenvalue weighted by molar-refractivity contribution is 5.82. The Hall–Kier alpha value is -0.610. The molecule has 3 rings (SSSR count). The van der Waals surface area contributed by atoms with E-state index in [1.54, 1.807) is 0 Å². The van der Waals surface area contributed by atoms with E-state index in [1.807, 2.05) is 0 Å². The Morgan fingerprint density at radius 3 is 2.94 bits per heavy atom. The van der Waals surface area contributed by atoms with Gasteiger partial charge < -0.3 is 10.6 Å². The topological polar surface area (TPSA) is 44.4 Å². The molecule has 0 spiro atoms. The molecular weight excluding hydrogens is 202 g/mol. The molecule has 0 unspecified atom stereocenters. The third kappa shape index (κ3) is 1.84. The molecule has 1 amide bonds. The second-order valence-corrected chi connectivity index (χ2v) is 5.59. The maximum absolute atomic E-state index is 12.0. The van der Waals surface area contributed by atoms with Crippen LogP contribution in [0, 0.1) is 11.8 Å². The minimum absolute atomic E-state index is 0.121. The van der Waals surface area contributed by atoms with Crippen molar-refractivity contribution in [1.82, 2.24) is 15.5 Å². The standard InChI is InChI=1S/C12H21N3O/c1-15-10(4-9-6-13-7-11(9)15)12(16)14-5-8-2-3-8/h8-11,13H,2-7H2,1H3,(H,14,16)/t9-,10+,11+/m1/s1. The van der Waals surface area contributed by atoms with E-state index in [0.717, 1.165) is 32.0 Å². The van der Waals surface area contributed by atoms with Crippen LogP contribution in [0.5, 0.6) is 0 Å². The van der Waals surface area contributed by atoms with Gasteiger partial charge in [-0.05, 0) is 44.7 Å². The Kier molecular flexibility index (Phi) is 2.64. The third-order valence-electron chi connectivity index (χ3n) is 4.41. The Labute approximate surface area is 96.8 Å². The summed E-state index contributed by atoms with van der Waals surface area (Å²) >= 11 is 0. The second kappa shape index (κ2) is 4.00. The molecule has 0 aromatic rings. The van der Waals surface area contributed by atoms with E-state index in [-0.39, 0.29) is 11.9 Å².